The zero-order valence-corrected chi connectivity index (χ0v) is 18.3. The van der Waals surface area contributed by atoms with E-state index in [2.05, 4.69) is 12.2 Å². The van der Waals surface area contributed by atoms with Gasteiger partial charge in [0, 0.05) is 19.4 Å². The highest BCUT2D eigenvalue weighted by molar-refractivity contribution is 5.76. The second-order valence-electron chi connectivity index (χ2n) is 8.17. The van der Waals surface area contributed by atoms with Crippen LogP contribution in [0.3, 0.4) is 0 Å². The van der Waals surface area contributed by atoms with E-state index >= 15 is 0 Å². The first-order valence-corrected chi connectivity index (χ1v) is 11.5. The van der Waals surface area contributed by atoms with Gasteiger partial charge in [-0.3, -0.25) is 9.59 Å². The van der Waals surface area contributed by atoms with Crippen LogP contribution in [0.15, 0.2) is 0 Å². The number of carbonyl (C=O) groups excluding carboxylic acids is 2. The Labute approximate surface area is 168 Å². The molecule has 0 aromatic rings. The Hall–Kier alpha value is -1.06. The molecule has 0 bridgehead atoms. The molecule has 0 spiro atoms. The van der Waals surface area contributed by atoms with Gasteiger partial charge >= 0.3 is 5.97 Å². The van der Waals surface area contributed by atoms with Gasteiger partial charge in [0.1, 0.15) is 0 Å². The van der Waals surface area contributed by atoms with Crippen molar-refractivity contribution in [2.75, 3.05) is 13.2 Å². The number of hydrogen-bond acceptors (Lipinski definition) is 3. The summed E-state index contributed by atoms with van der Waals surface area (Å²) in [6, 6.07) is 0. The van der Waals surface area contributed by atoms with E-state index in [1.54, 1.807) is 0 Å². The molecule has 0 saturated carbocycles. The summed E-state index contributed by atoms with van der Waals surface area (Å²) in [7, 11) is 0. The molecular weight excluding hydrogens is 338 g/mol. The molecule has 0 aliphatic carbocycles. The number of hydrogen-bond donors (Lipinski definition) is 1. The smallest absolute Gasteiger partial charge is 0.305 e. The number of amides is 1. The van der Waals surface area contributed by atoms with Gasteiger partial charge in [0.15, 0.2) is 0 Å². The first-order chi connectivity index (χ1) is 13.1. The summed E-state index contributed by atoms with van der Waals surface area (Å²) in [6.07, 6.45) is 17.2. The maximum absolute atomic E-state index is 11.7. The van der Waals surface area contributed by atoms with Crippen molar-refractivity contribution in [3.63, 3.8) is 0 Å². The summed E-state index contributed by atoms with van der Waals surface area (Å²) in [5.41, 5.74) is 0. The van der Waals surface area contributed by atoms with Crippen LogP contribution in [-0.2, 0) is 14.3 Å². The first-order valence-electron chi connectivity index (χ1n) is 11.5. The minimum absolute atomic E-state index is 0.0507. The highest BCUT2D eigenvalue weighted by Crippen LogP contribution is 2.11. The average molecular weight is 384 g/mol. The molecule has 0 rings (SSSR count). The molecule has 0 aromatic carbocycles. The van der Waals surface area contributed by atoms with Crippen molar-refractivity contribution in [2.24, 2.45) is 5.92 Å². The van der Waals surface area contributed by atoms with Gasteiger partial charge < -0.3 is 10.1 Å². The zero-order valence-electron chi connectivity index (χ0n) is 18.3. The van der Waals surface area contributed by atoms with Gasteiger partial charge in [-0.25, -0.2) is 0 Å². The van der Waals surface area contributed by atoms with E-state index in [9.17, 15) is 9.59 Å². The van der Waals surface area contributed by atoms with Crippen LogP contribution in [0.5, 0.6) is 0 Å². The Balaban J connectivity index is 3.26. The Morgan fingerprint density at radius 2 is 1.26 bits per heavy atom. The lowest BCUT2D eigenvalue weighted by Crippen LogP contribution is -2.24. The fourth-order valence-electron chi connectivity index (χ4n) is 3.01. The number of rotatable bonds is 19. The van der Waals surface area contributed by atoms with Crippen LogP contribution in [0, 0.1) is 5.92 Å². The molecule has 27 heavy (non-hydrogen) atoms. The number of ether oxygens (including phenoxy) is 1. The van der Waals surface area contributed by atoms with Crippen molar-refractivity contribution in [1.29, 1.82) is 0 Å². The van der Waals surface area contributed by atoms with Crippen molar-refractivity contribution in [3.8, 4) is 0 Å². The van der Waals surface area contributed by atoms with Crippen molar-refractivity contribution in [2.45, 2.75) is 117 Å². The summed E-state index contributed by atoms with van der Waals surface area (Å²) in [6.45, 7) is 7.50. The number of carbonyl (C=O) groups is 2. The van der Waals surface area contributed by atoms with E-state index in [0.29, 0.717) is 31.8 Å². The summed E-state index contributed by atoms with van der Waals surface area (Å²) < 4.78 is 5.10. The van der Waals surface area contributed by atoms with Gasteiger partial charge in [0.2, 0.25) is 5.91 Å². The first kappa shape index (κ1) is 25.9. The van der Waals surface area contributed by atoms with Crippen LogP contribution in [0.1, 0.15) is 117 Å². The van der Waals surface area contributed by atoms with E-state index in [-0.39, 0.29) is 11.9 Å². The van der Waals surface area contributed by atoms with Crippen LogP contribution in [0.4, 0.5) is 0 Å². The monoisotopic (exact) mass is 383 g/mol. The van der Waals surface area contributed by atoms with Gasteiger partial charge in [0.25, 0.3) is 0 Å². The fraction of sp³-hybridized carbons (Fsp3) is 0.913. The number of nitrogens with one attached hydrogen (secondary N) is 1. The maximum Gasteiger partial charge on any atom is 0.305 e. The van der Waals surface area contributed by atoms with Gasteiger partial charge in [0.05, 0.1) is 6.61 Å². The van der Waals surface area contributed by atoms with Gasteiger partial charge in [-0.1, -0.05) is 91.4 Å². The zero-order chi connectivity index (χ0) is 20.2. The van der Waals surface area contributed by atoms with Crippen molar-refractivity contribution in [3.05, 3.63) is 0 Å². The predicted octanol–water partition coefficient (Wildman–Crippen LogP) is 6.17. The maximum atomic E-state index is 11.7. The fourth-order valence-corrected chi connectivity index (χ4v) is 3.01. The average Bonchev–Trinajstić information content (AvgIpc) is 2.63. The Morgan fingerprint density at radius 3 is 1.78 bits per heavy atom. The molecule has 4 nitrogen and oxygen atoms in total. The van der Waals surface area contributed by atoms with E-state index in [1.807, 2.05) is 13.8 Å². The molecule has 1 N–H and O–H groups in total. The summed E-state index contributed by atoms with van der Waals surface area (Å²) in [5.74, 6) is 0.208. The third kappa shape index (κ3) is 21.1. The Kier molecular flexibility index (Phi) is 18.9. The number of esters is 1. The predicted molar refractivity (Wildman–Crippen MR) is 114 cm³/mol. The number of unbranched alkanes of at least 4 members (excludes halogenated alkanes) is 11. The molecule has 1 amide bonds. The van der Waals surface area contributed by atoms with E-state index in [1.165, 1.54) is 70.6 Å². The third-order valence-corrected chi connectivity index (χ3v) is 4.71. The molecule has 0 radical (unpaired) electrons. The molecule has 0 unspecified atom stereocenters. The molecule has 0 aliphatic heterocycles. The SMILES string of the molecule is CCCCCCCCCCCCCCNC(=O)CCCC(=O)OCC(C)C. The Bertz CT molecular complexity index is 356. The third-order valence-electron chi connectivity index (χ3n) is 4.71. The summed E-state index contributed by atoms with van der Waals surface area (Å²) in [4.78, 5) is 23.2. The summed E-state index contributed by atoms with van der Waals surface area (Å²) >= 11 is 0. The Morgan fingerprint density at radius 1 is 0.741 bits per heavy atom. The molecule has 0 heterocycles. The largest absolute Gasteiger partial charge is 0.465 e. The molecule has 0 aliphatic rings. The second-order valence-corrected chi connectivity index (χ2v) is 8.17. The minimum Gasteiger partial charge on any atom is -0.465 e. The highest BCUT2D eigenvalue weighted by atomic mass is 16.5. The normalized spacial score (nSPS) is 11.0. The van der Waals surface area contributed by atoms with Gasteiger partial charge in [-0.15, -0.1) is 0 Å². The van der Waals surface area contributed by atoms with Gasteiger partial charge in [-0.05, 0) is 18.8 Å². The van der Waals surface area contributed by atoms with E-state index in [0.717, 1.165) is 13.0 Å². The second kappa shape index (κ2) is 19.7. The molecule has 160 valence electrons. The van der Waals surface area contributed by atoms with Crippen LogP contribution >= 0.6 is 0 Å². The van der Waals surface area contributed by atoms with E-state index in [4.69, 9.17) is 4.74 Å². The molecule has 0 aromatic heterocycles. The minimum atomic E-state index is -0.197. The molecule has 0 atom stereocenters. The van der Waals surface area contributed by atoms with Crippen LogP contribution in [-0.4, -0.2) is 25.0 Å². The lowest BCUT2D eigenvalue weighted by Gasteiger charge is -2.07. The molecule has 0 fully saturated rings. The summed E-state index contributed by atoms with van der Waals surface area (Å²) in [5, 5.41) is 2.95. The van der Waals surface area contributed by atoms with Gasteiger partial charge in [-0.2, -0.15) is 0 Å². The topological polar surface area (TPSA) is 55.4 Å². The quantitative estimate of drug-likeness (QED) is 0.214. The molecule has 4 heteroatoms. The molecular formula is C23H45NO3. The van der Waals surface area contributed by atoms with Crippen LogP contribution in [0.25, 0.3) is 0 Å². The van der Waals surface area contributed by atoms with Crippen LogP contribution < -0.4 is 5.32 Å². The van der Waals surface area contributed by atoms with Crippen molar-refractivity contribution >= 4 is 11.9 Å². The highest BCUT2D eigenvalue weighted by Gasteiger charge is 2.06. The van der Waals surface area contributed by atoms with E-state index < -0.39 is 0 Å². The lowest BCUT2D eigenvalue weighted by atomic mass is 10.1. The standard InChI is InChI=1S/C23H45NO3/c1-4-5-6-7-8-9-10-11-12-13-14-15-19-24-22(25)17-16-18-23(26)27-20-21(2)3/h21H,4-20H2,1-3H3,(H,24,25). The lowest BCUT2D eigenvalue weighted by molar-refractivity contribution is -0.144. The van der Waals surface area contributed by atoms with Crippen molar-refractivity contribution in [1.82, 2.24) is 5.32 Å². The molecule has 0 saturated heterocycles. The van der Waals surface area contributed by atoms with Crippen LogP contribution in [0.2, 0.25) is 0 Å². The van der Waals surface area contributed by atoms with Crippen molar-refractivity contribution < 1.29 is 14.3 Å².